The molecule has 1 unspecified atom stereocenters. The highest BCUT2D eigenvalue weighted by molar-refractivity contribution is 7.99. The van der Waals surface area contributed by atoms with Crippen molar-refractivity contribution in [3.8, 4) is 0 Å². The molecule has 28 heavy (non-hydrogen) atoms. The predicted octanol–water partition coefficient (Wildman–Crippen LogP) is 3.11. The molecule has 0 aliphatic carbocycles. The monoisotopic (exact) mass is 392 g/mol. The molecule has 6 nitrogen and oxygen atoms in total. The molecule has 0 amide bonds. The number of aromatic nitrogens is 3. The molecular weight excluding hydrogens is 368 g/mol. The second-order valence-electron chi connectivity index (χ2n) is 6.72. The third-order valence-electron chi connectivity index (χ3n) is 4.73. The van der Waals surface area contributed by atoms with Crippen LogP contribution in [-0.4, -0.2) is 33.8 Å². The van der Waals surface area contributed by atoms with Gasteiger partial charge >= 0.3 is 0 Å². The second-order valence-corrected chi connectivity index (χ2v) is 7.87. The van der Waals surface area contributed by atoms with Gasteiger partial charge in [0, 0.05) is 35.8 Å². The molecule has 0 radical (unpaired) electrons. The molecule has 1 aromatic heterocycles. The zero-order valence-corrected chi connectivity index (χ0v) is 16.7. The molecule has 0 saturated heterocycles. The van der Waals surface area contributed by atoms with Gasteiger partial charge in [-0.05, 0) is 36.2 Å². The van der Waals surface area contributed by atoms with Crippen LogP contribution in [0.5, 0.6) is 0 Å². The summed E-state index contributed by atoms with van der Waals surface area (Å²) in [5.74, 6) is 1.88. The maximum atomic E-state index is 4.36. The van der Waals surface area contributed by atoms with Crippen LogP contribution in [0.25, 0.3) is 0 Å². The SMILES string of the molecule is CN=C(NCc1ccc(Sc2ccccc2)cc1)NC1CCc2ncnn2C1. The van der Waals surface area contributed by atoms with Crippen molar-refractivity contribution >= 4 is 17.7 Å². The molecule has 0 fully saturated rings. The lowest BCUT2D eigenvalue weighted by Crippen LogP contribution is -2.46. The lowest BCUT2D eigenvalue weighted by molar-refractivity contribution is 0.392. The van der Waals surface area contributed by atoms with E-state index in [1.54, 1.807) is 25.1 Å². The number of benzene rings is 2. The summed E-state index contributed by atoms with van der Waals surface area (Å²) >= 11 is 1.77. The summed E-state index contributed by atoms with van der Waals surface area (Å²) in [6, 6.07) is 19.4. The van der Waals surface area contributed by atoms with E-state index in [2.05, 4.69) is 74.2 Å². The van der Waals surface area contributed by atoms with Crippen molar-refractivity contribution in [3.05, 3.63) is 72.3 Å². The summed E-state index contributed by atoms with van der Waals surface area (Å²) in [4.78, 5) is 11.1. The highest BCUT2D eigenvalue weighted by Gasteiger charge is 2.20. The molecule has 0 bridgehead atoms. The summed E-state index contributed by atoms with van der Waals surface area (Å²) in [7, 11) is 1.80. The van der Waals surface area contributed by atoms with Gasteiger partial charge < -0.3 is 10.6 Å². The molecule has 4 rings (SSSR count). The summed E-state index contributed by atoms with van der Waals surface area (Å²) < 4.78 is 1.97. The van der Waals surface area contributed by atoms with Gasteiger partial charge in [-0.1, -0.05) is 42.1 Å². The second kappa shape index (κ2) is 8.93. The number of aliphatic imine (C=N–C) groups is 1. The molecule has 0 spiro atoms. The Morgan fingerprint density at radius 3 is 2.71 bits per heavy atom. The van der Waals surface area contributed by atoms with Crippen molar-refractivity contribution in [3.63, 3.8) is 0 Å². The van der Waals surface area contributed by atoms with Gasteiger partial charge in [-0.15, -0.1) is 0 Å². The smallest absolute Gasteiger partial charge is 0.191 e. The Morgan fingerprint density at radius 1 is 1.14 bits per heavy atom. The van der Waals surface area contributed by atoms with Gasteiger partial charge in [0.25, 0.3) is 0 Å². The normalized spacial score (nSPS) is 16.5. The van der Waals surface area contributed by atoms with Gasteiger partial charge in [0.15, 0.2) is 5.96 Å². The number of nitrogens with zero attached hydrogens (tertiary/aromatic N) is 4. The van der Waals surface area contributed by atoms with Gasteiger partial charge in [-0.2, -0.15) is 5.10 Å². The van der Waals surface area contributed by atoms with Gasteiger partial charge in [-0.25, -0.2) is 9.67 Å². The number of fused-ring (bicyclic) bond motifs is 1. The zero-order chi connectivity index (χ0) is 19.2. The molecule has 2 heterocycles. The van der Waals surface area contributed by atoms with E-state index in [4.69, 9.17) is 0 Å². The van der Waals surface area contributed by atoms with Crippen molar-refractivity contribution in [2.24, 2.45) is 4.99 Å². The van der Waals surface area contributed by atoms with Crippen LogP contribution in [0, 0.1) is 0 Å². The van der Waals surface area contributed by atoms with Crippen molar-refractivity contribution in [2.45, 2.75) is 41.8 Å². The molecule has 3 aromatic rings. The van der Waals surface area contributed by atoms with E-state index in [-0.39, 0.29) is 0 Å². The first-order chi connectivity index (χ1) is 13.8. The Balaban J connectivity index is 1.28. The standard InChI is InChI=1S/C21H24N6S/c1-22-21(26-17-9-12-20-24-15-25-27(20)14-17)23-13-16-7-10-19(11-8-16)28-18-5-3-2-4-6-18/h2-8,10-11,15,17H,9,12-14H2,1H3,(H2,22,23,26). The maximum absolute atomic E-state index is 4.36. The van der Waals surface area contributed by atoms with Crippen molar-refractivity contribution < 1.29 is 0 Å². The largest absolute Gasteiger partial charge is 0.352 e. The van der Waals surface area contributed by atoms with E-state index in [1.807, 2.05) is 10.7 Å². The first-order valence-electron chi connectivity index (χ1n) is 9.46. The van der Waals surface area contributed by atoms with Crippen molar-refractivity contribution in [2.75, 3.05) is 7.05 Å². The van der Waals surface area contributed by atoms with E-state index < -0.39 is 0 Å². The Labute approximate surface area is 169 Å². The average Bonchev–Trinajstić information content (AvgIpc) is 3.21. The molecule has 1 aliphatic rings. The van der Waals surface area contributed by atoms with Crippen LogP contribution >= 0.6 is 11.8 Å². The van der Waals surface area contributed by atoms with Crippen molar-refractivity contribution in [1.82, 2.24) is 25.4 Å². The van der Waals surface area contributed by atoms with E-state index in [0.717, 1.165) is 37.7 Å². The summed E-state index contributed by atoms with van der Waals surface area (Å²) in [5, 5.41) is 11.2. The number of guanidine groups is 1. The fraction of sp³-hybridized carbons (Fsp3) is 0.286. The summed E-state index contributed by atoms with van der Waals surface area (Å²) in [6.45, 7) is 1.55. The lowest BCUT2D eigenvalue weighted by Gasteiger charge is -2.25. The average molecular weight is 393 g/mol. The molecular formula is C21H24N6S. The van der Waals surface area contributed by atoms with Gasteiger partial charge in [0.2, 0.25) is 0 Å². The third-order valence-corrected chi connectivity index (χ3v) is 5.75. The minimum absolute atomic E-state index is 0.310. The number of hydrogen-bond acceptors (Lipinski definition) is 4. The van der Waals surface area contributed by atoms with Crippen LogP contribution in [0.1, 0.15) is 17.8 Å². The Bertz CT molecular complexity index is 920. The highest BCUT2D eigenvalue weighted by Crippen LogP contribution is 2.27. The van der Waals surface area contributed by atoms with Crippen LogP contribution in [0.4, 0.5) is 0 Å². The van der Waals surface area contributed by atoms with Gasteiger partial charge in [-0.3, -0.25) is 4.99 Å². The molecule has 7 heteroatoms. The molecule has 144 valence electrons. The number of aryl methyl sites for hydroxylation is 1. The maximum Gasteiger partial charge on any atom is 0.191 e. The number of rotatable bonds is 5. The van der Waals surface area contributed by atoms with E-state index >= 15 is 0 Å². The number of hydrogen-bond donors (Lipinski definition) is 2. The van der Waals surface area contributed by atoms with Gasteiger partial charge in [0.05, 0.1) is 6.54 Å². The van der Waals surface area contributed by atoms with Gasteiger partial charge in [0.1, 0.15) is 12.2 Å². The van der Waals surface area contributed by atoms with E-state index in [0.29, 0.717) is 6.04 Å². The van der Waals surface area contributed by atoms with E-state index in [9.17, 15) is 0 Å². The summed E-state index contributed by atoms with van der Waals surface area (Å²) in [6.07, 6.45) is 3.60. The predicted molar refractivity (Wildman–Crippen MR) is 112 cm³/mol. The third kappa shape index (κ3) is 4.72. The minimum Gasteiger partial charge on any atom is -0.352 e. The fourth-order valence-electron chi connectivity index (χ4n) is 3.23. The molecule has 0 saturated carbocycles. The van der Waals surface area contributed by atoms with Crippen LogP contribution in [0.2, 0.25) is 0 Å². The molecule has 2 aromatic carbocycles. The first-order valence-corrected chi connectivity index (χ1v) is 10.3. The topological polar surface area (TPSA) is 67.1 Å². The first kappa shape index (κ1) is 18.6. The Hall–Kier alpha value is -2.80. The quantitative estimate of drug-likeness (QED) is 0.516. The number of nitrogens with one attached hydrogen (secondary N) is 2. The Morgan fingerprint density at radius 2 is 1.93 bits per heavy atom. The summed E-state index contributed by atoms with van der Waals surface area (Å²) in [5.41, 5.74) is 1.22. The lowest BCUT2D eigenvalue weighted by atomic mass is 10.1. The minimum atomic E-state index is 0.310. The van der Waals surface area contributed by atoms with Crippen LogP contribution in [0.15, 0.2) is 75.7 Å². The fourth-order valence-corrected chi connectivity index (χ4v) is 4.07. The van der Waals surface area contributed by atoms with Crippen LogP contribution < -0.4 is 10.6 Å². The zero-order valence-electron chi connectivity index (χ0n) is 15.9. The Kier molecular flexibility index (Phi) is 5.92. The molecule has 2 N–H and O–H groups in total. The van der Waals surface area contributed by atoms with Crippen molar-refractivity contribution in [1.29, 1.82) is 0 Å². The van der Waals surface area contributed by atoms with Crippen LogP contribution in [-0.2, 0) is 19.5 Å². The molecule has 1 atom stereocenters. The van der Waals surface area contributed by atoms with E-state index in [1.165, 1.54) is 15.4 Å². The van der Waals surface area contributed by atoms with Crippen LogP contribution in [0.3, 0.4) is 0 Å². The molecule has 1 aliphatic heterocycles. The highest BCUT2D eigenvalue weighted by atomic mass is 32.2.